The smallest absolute Gasteiger partial charge is 0.0481 e. The Morgan fingerprint density at radius 2 is 2.00 bits per heavy atom. The molecular weight excluding hydrogens is 146 g/mol. The molecule has 0 aliphatic carbocycles. The van der Waals surface area contributed by atoms with Gasteiger partial charge in [0.15, 0.2) is 0 Å². The molecule has 0 spiro atoms. The highest BCUT2D eigenvalue weighted by Crippen LogP contribution is 2.28. The van der Waals surface area contributed by atoms with Crippen molar-refractivity contribution in [3.63, 3.8) is 0 Å². The van der Waals surface area contributed by atoms with Crippen LogP contribution in [-0.2, 0) is 5.41 Å². The molecule has 0 N–H and O–H groups in total. The molecule has 1 aromatic rings. The van der Waals surface area contributed by atoms with Gasteiger partial charge in [-0.3, -0.25) is 4.99 Å². The fourth-order valence-electron chi connectivity index (χ4n) is 1.68. The highest BCUT2D eigenvalue weighted by atomic mass is 14.7. The summed E-state index contributed by atoms with van der Waals surface area (Å²) in [7, 11) is 0. The van der Waals surface area contributed by atoms with Crippen LogP contribution in [0.2, 0.25) is 0 Å². The molecule has 1 nitrogen and oxygen atoms in total. The van der Waals surface area contributed by atoms with E-state index in [0.29, 0.717) is 0 Å². The Morgan fingerprint density at radius 1 is 1.25 bits per heavy atom. The van der Waals surface area contributed by atoms with Gasteiger partial charge in [-0.1, -0.05) is 38.1 Å². The van der Waals surface area contributed by atoms with E-state index in [1.54, 1.807) is 0 Å². The van der Waals surface area contributed by atoms with Crippen LogP contribution in [0.4, 0.5) is 0 Å². The molecule has 0 saturated carbocycles. The fourth-order valence-corrected chi connectivity index (χ4v) is 1.68. The van der Waals surface area contributed by atoms with E-state index in [-0.39, 0.29) is 5.41 Å². The van der Waals surface area contributed by atoms with Crippen molar-refractivity contribution in [1.29, 1.82) is 0 Å². The number of rotatable bonds is 0. The molecule has 62 valence electrons. The average molecular weight is 159 g/mol. The Labute approximate surface area is 73.1 Å². The SMILES string of the molecule is CC1(C)CN=Cc2ccccc21. The maximum absolute atomic E-state index is 4.35. The predicted octanol–water partition coefficient (Wildman–Crippen LogP) is 2.40. The first-order valence-electron chi connectivity index (χ1n) is 4.29. The Morgan fingerprint density at radius 3 is 2.75 bits per heavy atom. The molecule has 0 unspecified atom stereocenters. The van der Waals surface area contributed by atoms with E-state index in [9.17, 15) is 0 Å². The van der Waals surface area contributed by atoms with Crippen molar-refractivity contribution in [3.05, 3.63) is 35.4 Å². The summed E-state index contributed by atoms with van der Waals surface area (Å²) in [6, 6.07) is 8.48. The Bertz CT molecular complexity index is 324. The Balaban J connectivity index is 2.60. The number of hydrogen-bond donors (Lipinski definition) is 0. The van der Waals surface area contributed by atoms with Crippen LogP contribution in [0.5, 0.6) is 0 Å². The van der Waals surface area contributed by atoms with Gasteiger partial charge < -0.3 is 0 Å². The topological polar surface area (TPSA) is 12.4 Å². The molecule has 0 saturated heterocycles. The Hall–Kier alpha value is -1.11. The summed E-state index contributed by atoms with van der Waals surface area (Å²) in [5.41, 5.74) is 2.90. The maximum atomic E-state index is 4.35. The van der Waals surface area contributed by atoms with Gasteiger partial charge in [0.25, 0.3) is 0 Å². The number of benzene rings is 1. The van der Waals surface area contributed by atoms with Crippen molar-refractivity contribution >= 4 is 6.21 Å². The average Bonchev–Trinajstić information content (AvgIpc) is 2.04. The molecule has 1 heteroatoms. The van der Waals surface area contributed by atoms with Crippen molar-refractivity contribution in [3.8, 4) is 0 Å². The first-order valence-corrected chi connectivity index (χ1v) is 4.29. The van der Waals surface area contributed by atoms with Gasteiger partial charge in [-0.2, -0.15) is 0 Å². The van der Waals surface area contributed by atoms with E-state index >= 15 is 0 Å². The quantitative estimate of drug-likeness (QED) is 0.551. The number of hydrogen-bond acceptors (Lipinski definition) is 1. The molecule has 0 atom stereocenters. The van der Waals surface area contributed by atoms with Gasteiger partial charge in [0.05, 0.1) is 0 Å². The van der Waals surface area contributed by atoms with E-state index in [4.69, 9.17) is 0 Å². The highest BCUT2D eigenvalue weighted by molar-refractivity contribution is 5.83. The van der Waals surface area contributed by atoms with Crippen LogP contribution < -0.4 is 0 Å². The summed E-state index contributed by atoms with van der Waals surface area (Å²) in [6.07, 6.45) is 1.97. The van der Waals surface area contributed by atoms with Crippen LogP contribution in [0, 0.1) is 0 Å². The van der Waals surface area contributed by atoms with Crippen molar-refractivity contribution < 1.29 is 0 Å². The standard InChI is InChI=1S/C11H13N/c1-11(2)8-12-7-9-5-3-4-6-10(9)11/h3-7H,8H2,1-2H3. The summed E-state index contributed by atoms with van der Waals surface area (Å²) in [5, 5.41) is 0. The summed E-state index contributed by atoms with van der Waals surface area (Å²) in [5.74, 6) is 0. The van der Waals surface area contributed by atoms with Crippen LogP contribution in [0.1, 0.15) is 25.0 Å². The lowest BCUT2D eigenvalue weighted by atomic mass is 9.80. The second-order valence-electron chi connectivity index (χ2n) is 3.94. The zero-order chi connectivity index (χ0) is 8.60. The molecule has 0 aromatic heterocycles. The van der Waals surface area contributed by atoms with Gasteiger partial charge in [0.2, 0.25) is 0 Å². The van der Waals surface area contributed by atoms with Crippen LogP contribution in [0.15, 0.2) is 29.3 Å². The molecule has 0 radical (unpaired) electrons. The van der Waals surface area contributed by atoms with Crippen LogP contribution >= 0.6 is 0 Å². The summed E-state index contributed by atoms with van der Waals surface area (Å²) >= 11 is 0. The molecule has 1 aromatic carbocycles. The molecule has 0 fully saturated rings. The van der Waals surface area contributed by atoms with Gasteiger partial charge in [0.1, 0.15) is 0 Å². The molecule has 1 aliphatic heterocycles. The van der Waals surface area contributed by atoms with Gasteiger partial charge >= 0.3 is 0 Å². The molecule has 0 bridgehead atoms. The second-order valence-corrected chi connectivity index (χ2v) is 3.94. The number of fused-ring (bicyclic) bond motifs is 1. The Kier molecular flexibility index (Phi) is 1.53. The molecule has 1 aliphatic rings. The van der Waals surface area contributed by atoms with Gasteiger partial charge in [-0.15, -0.1) is 0 Å². The minimum atomic E-state index is 0.214. The minimum Gasteiger partial charge on any atom is -0.292 e. The third-order valence-corrected chi connectivity index (χ3v) is 2.41. The molecule has 2 rings (SSSR count). The van der Waals surface area contributed by atoms with E-state index < -0.39 is 0 Å². The van der Waals surface area contributed by atoms with Crippen molar-refractivity contribution in [2.45, 2.75) is 19.3 Å². The van der Waals surface area contributed by atoms with Crippen molar-refractivity contribution in [2.24, 2.45) is 4.99 Å². The fraction of sp³-hybridized carbons (Fsp3) is 0.364. The lowest BCUT2D eigenvalue weighted by Crippen LogP contribution is -2.26. The second kappa shape index (κ2) is 2.44. The third kappa shape index (κ3) is 1.06. The van der Waals surface area contributed by atoms with Crippen LogP contribution in [-0.4, -0.2) is 12.8 Å². The van der Waals surface area contributed by atoms with Gasteiger partial charge in [-0.05, 0) is 11.1 Å². The number of nitrogens with zero attached hydrogens (tertiary/aromatic N) is 1. The lowest BCUT2D eigenvalue weighted by molar-refractivity contribution is 0.534. The summed E-state index contributed by atoms with van der Waals surface area (Å²) in [4.78, 5) is 4.35. The zero-order valence-corrected chi connectivity index (χ0v) is 7.54. The zero-order valence-electron chi connectivity index (χ0n) is 7.54. The normalized spacial score (nSPS) is 18.8. The molecule has 1 heterocycles. The predicted molar refractivity (Wildman–Crippen MR) is 51.9 cm³/mol. The first kappa shape index (κ1) is 7.53. The van der Waals surface area contributed by atoms with Gasteiger partial charge in [0, 0.05) is 18.2 Å². The largest absolute Gasteiger partial charge is 0.292 e. The van der Waals surface area contributed by atoms with Crippen molar-refractivity contribution in [1.82, 2.24) is 0 Å². The molecular formula is C11H13N. The maximum Gasteiger partial charge on any atom is 0.0481 e. The van der Waals surface area contributed by atoms with Gasteiger partial charge in [-0.25, -0.2) is 0 Å². The lowest BCUT2D eigenvalue weighted by Gasteiger charge is -2.27. The van der Waals surface area contributed by atoms with E-state index in [1.165, 1.54) is 11.1 Å². The minimum absolute atomic E-state index is 0.214. The molecule has 0 amide bonds. The van der Waals surface area contributed by atoms with E-state index in [1.807, 2.05) is 6.21 Å². The highest BCUT2D eigenvalue weighted by Gasteiger charge is 2.24. The summed E-state index contributed by atoms with van der Waals surface area (Å²) < 4.78 is 0. The monoisotopic (exact) mass is 159 g/mol. The first-order chi connectivity index (χ1) is 5.70. The molecule has 12 heavy (non-hydrogen) atoms. The third-order valence-electron chi connectivity index (χ3n) is 2.41. The van der Waals surface area contributed by atoms with E-state index in [2.05, 4.69) is 43.1 Å². The van der Waals surface area contributed by atoms with Crippen LogP contribution in [0.3, 0.4) is 0 Å². The van der Waals surface area contributed by atoms with E-state index in [0.717, 1.165) is 6.54 Å². The summed E-state index contributed by atoms with van der Waals surface area (Å²) in [6.45, 7) is 5.38. The van der Waals surface area contributed by atoms with Crippen molar-refractivity contribution in [2.75, 3.05) is 6.54 Å². The van der Waals surface area contributed by atoms with Crippen LogP contribution in [0.25, 0.3) is 0 Å². The number of aliphatic imine (C=N–C) groups is 1.